The molecule has 2 heterocycles. The number of nitrogens with one attached hydrogen (secondary N) is 1. The number of carbonyl (C=O) groups excluding carboxylic acids is 2. The van der Waals surface area contributed by atoms with Crippen LogP contribution in [0.4, 0.5) is 17.1 Å². The Hall–Kier alpha value is -2.86. The molecule has 0 saturated carbocycles. The highest BCUT2D eigenvalue weighted by Gasteiger charge is 2.36. The number of hydrogen-bond acceptors (Lipinski definition) is 4. The molecule has 2 aliphatic heterocycles. The van der Waals surface area contributed by atoms with E-state index < -0.39 is 0 Å². The first-order valence-corrected chi connectivity index (χ1v) is 10.3. The number of morpholine rings is 1. The second kappa shape index (κ2) is 8.66. The molecule has 2 aromatic rings. The van der Waals surface area contributed by atoms with Crippen molar-refractivity contribution in [3.8, 4) is 0 Å². The van der Waals surface area contributed by atoms with Gasteiger partial charge in [0.1, 0.15) is 0 Å². The van der Waals surface area contributed by atoms with Gasteiger partial charge in [-0.15, -0.1) is 0 Å². The predicted octanol–water partition coefficient (Wildman–Crippen LogP) is 3.08. The fourth-order valence-corrected chi connectivity index (χ4v) is 3.95. The van der Waals surface area contributed by atoms with Crippen LogP contribution >= 0.6 is 0 Å². The first kappa shape index (κ1) is 19.5. The summed E-state index contributed by atoms with van der Waals surface area (Å²) >= 11 is 0. The van der Waals surface area contributed by atoms with Crippen molar-refractivity contribution in [1.29, 1.82) is 0 Å². The van der Waals surface area contributed by atoms with E-state index >= 15 is 0 Å². The zero-order valence-corrected chi connectivity index (χ0v) is 16.8. The highest BCUT2D eigenvalue weighted by atomic mass is 16.5. The summed E-state index contributed by atoms with van der Waals surface area (Å²) in [5.41, 5.74) is 3.90. The third-order valence-corrected chi connectivity index (χ3v) is 5.65. The Morgan fingerprint density at radius 1 is 1.07 bits per heavy atom. The first-order chi connectivity index (χ1) is 14.2. The van der Waals surface area contributed by atoms with Crippen LogP contribution in [0, 0.1) is 5.92 Å². The molecule has 152 valence electrons. The van der Waals surface area contributed by atoms with Gasteiger partial charge in [0.25, 0.3) is 0 Å². The lowest BCUT2D eigenvalue weighted by molar-refractivity contribution is -0.122. The van der Waals surface area contributed by atoms with E-state index in [0.717, 1.165) is 36.6 Å². The molecule has 2 aliphatic rings. The maximum absolute atomic E-state index is 12.8. The molecular weight excluding hydrogens is 366 g/mol. The minimum absolute atomic E-state index is 0.00723. The quantitative estimate of drug-likeness (QED) is 0.848. The minimum atomic E-state index is -0.355. The zero-order chi connectivity index (χ0) is 20.2. The van der Waals surface area contributed by atoms with Crippen LogP contribution in [0.25, 0.3) is 0 Å². The number of anilines is 3. The Morgan fingerprint density at radius 2 is 1.76 bits per heavy atom. The van der Waals surface area contributed by atoms with Gasteiger partial charge in [-0.2, -0.15) is 0 Å². The van der Waals surface area contributed by atoms with Crippen molar-refractivity contribution in [3.63, 3.8) is 0 Å². The summed E-state index contributed by atoms with van der Waals surface area (Å²) in [6.45, 7) is 5.47. The number of nitrogens with zero attached hydrogens (tertiary/aromatic N) is 2. The smallest absolute Gasteiger partial charge is 0.229 e. The van der Waals surface area contributed by atoms with Crippen LogP contribution in [-0.2, 0) is 20.7 Å². The Labute approximate surface area is 171 Å². The van der Waals surface area contributed by atoms with Gasteiger partial charge in [-0.05, 0) is 36.2 Å². The van der Waals surface area contributed by atoms with E-state index in [4.69, 9.17) is 4.74 Å². The van der Waals surface area contributed by atoms with Gasteiger partial charge in [-0.1, -0.05) is 31.2 Å². The molecule has 0 bridgehead atoms. The molecular formula is C23H27N3O3. The SMILES string of the molecule is CCc1ccc(NC(=O)C2CC(=O)N(c3ccccc3N3CCOCC3)C2)cc1. The van der Waals surface area contributed by atoms with E-state index in [-0.39, 0.29) is 24.2 Å². The molecule has 0 aromatic heterocycles. The predicted molar refractivity (Wildman–Crippen MR) is 114 cm³/mol. The highest BCUT2D eigenvalue weighted by Crippen LogP contribution is 2.34. The Balaban J connectivity index is 1.47. The van der Waals surface area contributed by atoms with E-state index in [0.29, 0.717) is 19.8 Å². The largest absolute Gasteiger partial charge is 0.378 e. The lowest BCUT2D eigenvalue weighted by Crippen LogP contribution is -2.38. The monoisotopic (exact) mass is 393 g/mol. The summed E-state index contributed by atoms with van der Waals surface area (Å²) in [6, 6.07) is 15.8. The molecule has 2 amide bonds. The van der Waals surface area contributed by atoms with Gasteiger partial charge in [0.05, 0.1) is 30.5 Å². The Kier molecular flexibility index (Phi) is 5.81. The van der Waals surface area contributed by atoms with E-state index in [9.17, 15) is 9.59 Å². The molecule has 4 rings (SSSR count). The number of aryl methyl sites for hydroxylation is 1. The number of rotatable bonds is 5. The highest BCUT2D eigenvalue weighted by molar-refractivity contribution is 6.05. The van der Waals surface area contributed by atoms with E-state index in [1.807, 2.05) is 48.5 Å². The average molecular weight is 393 g/mol. The molecule has 0 spiro atoms. The van der Waals surface area contributed by atoms with Crippen LogP contribution in [-0.4, -0.2) is 44.7 Å². The molecule has 29 heavy (non-hydrogen) atoms. The van der Waals surface area contributed by atoms with Crippen LogP contribution in [0.3, 0.4) is 0 Å². The molecule has 6 heteroatoms. The zero-order valence-electron chi connectivity index (χ0n) is 16.8. The van der Waals surface area contributed by atoms with Gasteiger partial charge in [-0.25, -0.2) is 0 Å². The summed E-state index contributed by atoms with van der Waals surface area (Å²) in [5.74, 6) is -0.466. The van der Waals surface area contributed by atoms with Gasteiger partial charge >= 0.3 is 0 Å². The van der Waals surface area contributed by atoms with E-state index in [1.165, 1.54) is 5.56 Å². The van der Waals surface area contributed by atoms with Crippen molar-refractivity contribution in [2.75, 3.05) is 48.0 Å². The van der Waals surface area contributed by atoms with Gasteiger partial charge in [0, 0.05) is 31.7 Å². The second-order valence-electron chi connectivity index (χ2n) is 7.53. The fraction of sp³-hybridized carbons (Fsp3) is 0.391. The number of benzene rings is 2. The summed E-state index contributed by atoms with van der Waals surface area (Å²) in [7, 11) is 0. The molecule has 1 N–H and O–H groups in total. The summed E-state index contributed by atoms with van der Waals surface area (Å²) in [6.07, 6.45) is 1.19. The lowest BCUT2D eigenvalue weighted by Gasteiger charge is -2.32. The lowest BCUT2D eigenvalue weighted by atomic mass is 10.1. The number of hydrogen-bond donors (Lipinski definition) is 1. The molecule has 6 nitrogen and oxygen atoms in total. The van der Waals surface area contributed by atoms with Gasteiger partial charge in [0.2, 0.25) is 11.8 Å². The molecule has 2 fully saturated rings. The standard InChI is InChI=1S/C23H27N3O3/c1-2-17-7-9-19(10-8-17)24-23(28)18-15-22(27)26(16-18)21-6-4-3-5-20(21)25-11-13-29-14-12-25/h3-10,18H,2,11-16H2,1H3,(H,24,28). The number of ether oxygens (including phenoxy) is 1. The minimum Gasteiger partial charge on any atom is -0.378 e. The Morgan fingerprint density at radius 3 is 2.45 bits per heavy atom. The van der Waals surface area contributed by atoms with Crippen molar-refractivity contribution >= 4 is 28.9 Å². The number of amides is 2. The van der Waals surface area contributed by atoms with Crippen molar-refractivity contribution in [3.05, 3.63) is 54.1 Å². The van der Waals surface area contributed by atoms with Crippen LogP contribution in [0.1, 0.15) is 18.9 Å². The molecule has 2 aromatic carbocycles. The van der Waals surface area contributed by atoms with Crippen LogP contribution in [0.5, 0.6) is 0 Å². The van der Waals surface area contributed by atoms with Crippen molar-refractivity contribution in [2.24, 2.45) is 5.92 Å². The van der Waals surface area contributed by atoms with Crippen LogP contribution in [0.2, 0.25) is 0 Å². The fourth-order valence-electron chi connectivity index (χ4n) is 3.95. The van der Waals surface area contributed by atoms with Crippen LogP contribution < -0.4 is 15.1 Å². The first-order valence-electron chi connectivity index (χ1n) is 10.3. The van der Waals surface area contributed by atoms with Gasteiger partial charge < -0.3 is 19.9 Å². The second-order valence-corrected chi connectivity index (χ2v) is 7.53. The molecule has 1 unspecified atom stereocenters. The van der Waals surface area contributed by atoms with E-state index in [2.05, 4.69) is 17.1 Å². The summed E-state index contributed by atoms with van der Waals surface area (Å²) in [5, 5.41) is 2.96. The maximum atomic E-state index is 12.8. The number of carbonyl (C=O) groups is 2. The third kappa shape index (κ3) is 4.27. The van der Waals surface area contributed by atoms with Crippen molar-refractivity contribution < 1.29 is 14.3 Å². The molecule has 2 saturated heterocycles. The normalized spacial score (nSPS) is 19.5. The van der Waals surface area contributed by atoms with Crippen molar-refractivity contribution in [2.45, 2.75) is 19.8 Å². The molecule has 0 aliphatic carbocycles. The summed E-state index contributed by atoms with van der Waals surface area (Å²) in [4.78, 5) is 29.5. The molecule has 0 radical (unpaired) electrons. The summed E-state index contributed by atoms with van der Waals surface area (Å²) < 4.78 is 5.45. The van der Waals surface area contributed by atoms with E-state index in [1.54, 1.807) is 4.90 Å². The number of para-hydroxylation sites is 2. The average Bonchev–Trinajstić information content (AvgIpc) is 3.16. The molecule has 1 atom stereocenters. The maximum Gasteiger partial charge on any atom is 0.229 e. The Bertz CT molecular complexity index is 875. The third-order valence-electron chi connectivity index (χ3n) is 5.65. The topological polar surface area (TPSA) is 61.9 Å². The van der Waals surface area contributed by atoms with Crippen LogP contribution in [0.15, 0.2) is 48.5 Å². The van der Waals surface area contributed by atoms with Gasteiger partial charge in [0.15, 0.2) is 0 Å². The van der Waals surface area contributed by atoms with Crippen molar-refractivity contribution in [1.82, 2.24) is 0 Å². The van der Waals surface area contributed by atoms with Gasteiger partial charge in [-0.3, -0.25) is 9.59 Å².